The van der Waals surface area contributed by atoms with E-state index in [0.717, 1.165) is 38.0 Å². The van der Waals surface area contributed by atoms with Crippen LogP contribution in [0.2, 0.25) is 0 Å². The number of H-pyrrole nitrogens is 1. The number of carbonyl (C=O) groups is 1. The van der Waals surface area contributed by atoms with Crippen molar-refractivity contribution in [3.8, 4) is 5.75 Å². The summed E-state index contributed by atoms with van der Waals surface area (Å²) in [5.41, 5.74) is 2.05. The van der Waals surface area contributed by atoms with Crippen molar-refractivity contribution in [3.05, 3.63) is 66.2 Å². The number of rotatable bonds is 1. The van der Waals surface area contributed by atoms with Gasteiger partial charge in [0.15, 0.2) is 0 Å². The average molecular weight is 327 g/mol. The van der Waals surface area contributed by atoms with Crippen molar-refractivity contribution in [1.82, 2.24) is 4.98 Å². The molecule has 0 aliphatic carbocycles. The third kappa shape index (κ3) is 1.79. The van der Waals surface area contributed by atoms with E-state index < -0.39 is 5.97 Å². The smallest absolute Gasteiger partial charge is 0.340 e. The third-order valence-electron chi connectivity index (χ3n) is 4.87. The molecule has 4 nitrogen and oxygen atoms in total. The lowest BCUT2D eigenvalue weighted by Crippen LogP contribution is -1.98. The van der Waals surface area contributed by atoms with Crippen molar-refractivity contribution in [2.24, 2.45) is 0 Å². The van der Waals surface area contributed by atoms with E-state index in [-0.39, 0.29) is 11.3 Å². The number of carboxylic acids is 1. The first-order valence-electron chi connectivity index (χ1n) is 7.96. The maximum Gasteiger partial charge on any atom is 0.340 e. The molecule has 120 valence electrons. The lowest BCUT2D eigenvalue weighted by molar-refractivity contribution is 0.0696. The number of fused-ring (bicyclic) bond motifs is 7. The van der Waals surface area contributed by atoms with Crippen molar-refractivity contribution in [2.75, 3.05) is 0 Å². The van der Waals surface area contributed by atoms with E-state index >= 15 is 0 Å². The van der Waals surface area contributed by atoms with Crippen LogP contribution in [0, 0.1) is 0 Å². The van der Waals surface area contributed by atoms with Gasteiger partial charge in [0.25, 0.3) is 0 Å². The van der Waals surface area contributed by atoms with Crippen molar-refractivity contribution >= 4 is 49.3 Å². The summed E-state index contributed by atoms with van der Waals surface area (Å²) >= 11 is 0. The van der Waals surface area contributed by atoms with Crippen LogP contribution in [0.1, 0.15) is 10.4 Å². The molecule has 4 heteroatoms. The number of carboxylic acid groups (broad SMARTS) is 1. The lowest BCUT2D eigenvalue weighted by atomic mass is 9.96. The van der Waals surface area contributed by atoms with Crippen LogP contribution in [0.5, 0.6) is 5.75 Å². The molecule has 0 amide bonds. The molecular formula is C21H13NO3. The van der Waals surface area contributed by atoms with E-state index in [1.165, 1.54) is 6.07 Å². The van der Waals surface area contributed by atoms with Gasteiger partial charge in [-0.1, -0.05) is 48.5 Å². The van der Waals surface area contributed by atoms with Gasteiger partial charge in [0.1, 0.15) is 11.3 Å². The highest BCUT2D eigenvalue weighted by Crippen LogP contribution is 2.37. The second kappa shape index (κ2) is 4.74. The molecule has 5 rings (SSSR count). The number of aromatic amines is 1. The van der Waals surface area contributed by atoms with E-state index in [1.807, 2.05) is 30.3 Å². The molecule has 5 aromatic rings. The van der Waals surface area contributed by atoms with Crippen LogP contribution in [0.3, 0.4) is 0 Å². The van der Waals surface area contributed by atoms with Crippen LogP contribution >= 0.6 is 0 Å². The van der Waals surface area contributed by atoms with Crippen LogP contribution in [0.25, 0.3) is 43.4 Å². The van der Waals surface area contributed by atoms with Crippen molar-refractivity contribution in [2.45, 2.75) is 0 Å². The Morgan fingerprint density at radius 1 is 0.720 bits per heavy atom. The average Bonchev–Trinajstić information content (AvgIpc) is 2.99. The molecule has 0 spiro atoms. The van der Waals surface area contributed by atoms with Gasteiger partial charge >= 0.3 is 5.97 Å². The topological polar surface area (TPSA) is 73.3 Å². The molecule has 0 fully saturated rings. The normalized spacial score (nSPS) is 11.7. The molecule has 0 atom stereocenters. The van der Waals surface area contributed by atoms with Gasteiger partial charge in [-0.3, -0.25) is 0 Å². The molecule has 25 heavy (non-hydrogen) atoms. The standard InChI is InChI=1S/C21H13NO3/c23-18-10-9-11-12-5-7-16-13-3-1-2-4-17(13)22-20(16)15(12)8-6-14(11)19(18)21(24)25/h1-10,22-23H,(H,24,25). The predicted molar refractivity (Wildman–Crippen MR) is 99.4 cm³/mol. The minimum Gasteiger partial charge on any atom is -0.507 e. The lowest BCUT2D eigenvalue weighted by Gasteiger charge is -2.09. The summed E-state index contributed by atoms with van der Waals surface area (Å²) in [6, 6.07) is 19.1. The molecular weight excluding hydrogens is 314 g/mol. The highest BCUT2D eigenvalue weighted by atomic mass is 16.4. The molecule has 0 unspecified atom stereocenters. The summed E-state index contributed by atoms with van der Waals surface area (Å²) < 4.78 is 0. The molecule has 0 aliphatic heterocycles. The number of hydrogen-bond acceptors (Lipinski definition) is 2. The van der Waals surface area contributed by atoms with E-state index in [1.54, 1.807) is 12.1 Å². The number of phenols is 1. The fourth-order valence-electron chi connectivity index (χ4n) is 3.76. The quantitative estimate of drug-likeness (QED) is 0.378. The third-order valence-corrected chi connectivity index (χ3v) is 4.87. The molecule has 1 aromatic heterocycles. The van der Waals surface area contributed by atoms with Crippen LogP contribution in [0.4, 0.5) is 0 Å². The van der Waals surface area contributed by atoms with Crippen molar-refractivity contribution in [1.29, 1.82) is 0 Å². The van der Waals surface area contributed by atoms with Crippen LogP contribution in [-0.2, 0) is 0 Å². The summed E-state index contributed by atoms with van der Waals surface area (Å²) in [7, 11) is 0. The Bertz CT molecular complexity index is 1330. The molecule has 0 saturated heterocycles. The summed E-state index contributed by atoms with van der Waals surface area (Å²) in [6.45, 7) is 0. The van der Waals surface area contributed by atoms with Gasteiger partial charge in [0, 0.05) is 27.1 Å². The van der Waals surface area contributed by atoms with E-state index in [9.17, 15) is 15.0 Å². The number of hydrogen-bond donors (Lipinski definition) is 3. The number of aromatic hydroxyl groups is 1. The zero-order valence-electron chi connectivity index (χ0n) is 13.1. The molecule has 0 saturated carbocycles. The fourth-order valence-corrected chi connectivity index (χ4v) is 3.76. The Hall–Kier alpha value is -3.53. The maximum atomic E-state index is 11.5. The Balaban J connectivity index is 1.99. The van der Waals surface area contributed by atoms with Crippen LogP contribution in [0.15, 0.2) is 60.7 Å². The highest BCUT2D eigenvalue weighted by Gasteiger charge is 2.16. The Kier molecular flexibility index (Phi) is 2.63. The molecule has 0 aliphatic rings. The number of para-hydroxylation sites is 1. The van der Waals surface area contributed by atoms with Gasteiger partial charge in [-0.05, 0) is 22.9 Å². The molecule has 0 radical (unpaired) electrons. The zero-order valence-corrected chi connectivity index (χ0v) is 13.1. The van der Waals surface area contributed by atoms with Crippen LogP contribution in [-0.4, -0.2) is 21.2 Å². The number of aromatic carboxylic acids is 1. The maximum absolute atomic E-state index is 11.5. The van der Waals surface area contributed by atoms with Gasteiger partial charge in [-0.15, -0.1) is 0 Å². The number of aromatic nitrogens is 1. The Morgan fingerprint density at radius 3 is 2.12 bits per heavy atom. The van der Waals surface area contributed by atoms with Gasteiger partial charge in [-0.2, -0.15) is 0 Å². The van der Waals surface area contributed by atoms with E-state index in [0.29, 0.717) is 5.39 Å². The Morgan fingerprint density at radius 2 is 1.32 bits per heavy atom. The Labute approximate surface area is 141 Å². The largest absolute Gasteiger partial charge is 0.507 e. The van der Waals surface area contributed by atoms with Gasteiger partial charge in [0.05, 0.1) is 5.52 Å². The summed E-state index contributed by atoms with van der Waals surface area (Å²) in [6.07, 6.45) is 0. The zero-order chi connectivity index (χ0) is 17.1. The monoisotopic (exact) mass is 327 g/mol. The fraction of sp³-hybridized carbons (Fsp3) is 0. The number of benzene rings is 4. The van der Waals surface area contributed by atoms with E-state index in [4.69, 9.17) is 0 Å². The number of nitrogens with one attached hydrogen (secondary N) is 1. The predicted octanol–water partition coefficient (Wildman–Crippen LogP) is 5.03. The van der Waals surface area contributed by atoms with E-state index in [2.05, 4.69) is 17.1 Å². The summed E-state index contributed by atoms with van der Waals surface area (Å²) in [4.78, 5) is 15.0. The minimum atomic E-state index is -1.13. The molecule has 4 aromatic carbocycles. The molecule has 0 bridgehead atoms. The molecule has 3 N–H and O–H groups in total. The van der Waals surface area contributed by atoms with Crippen molar-refractivity contribution < 1.29 is 15.0 Å². The summed E-state index contributed by atoms with van der Waals surface area (Å²) in [5.74, 6) is -1.35. The van der Waals surface area contributed by atoms with Crippen LogP contribution < -0.4 is 0 Å². The second-order valence-electron chi connectivity index (χ2n) is 6.18. The highest BCUT2D eigenvalue weighted by molar-refractivity contribution is 6.23. The van der Waals surface area contributed by atoms with Crippen molar-refractivity contribution in [3.63, 3.8) is 0 Å². The van der Waals surface area contributed by atoms with Gasteiger partial charge in [-0.25, -0.2) is 4.79 Å². The second-order valence-corrected chi connectivity index (χ2v) is 6.18. The first kappa shape index (κ1) is 13.9. The SMILES string of the molecule is O=C(O)c1c(O)ccc2c1ccc1c2ccc2c3ccccc3[nH]c21. The molecule has 1 heterocycles. The first-order chi connectivity index (χ1) is 12.1. The van der Waals surface area contributed by atoms with Gasteiger partial charge in [0.2, 0.25) is 0 Å². The minimum absolute atomic E-state index is 0.0591. The first-order valence-corrected chi connectivity index (χ1v) is 7.96. The summed E-state index contributed by atoms with van der Waals surface area (Å²) in [5, 5.41) is 25.0. The van der Waals surface area contributed by atoms with Gasteiger partial charge < -0.3 is 15.2 Å².